The molecule has 0 spiro atoms. The number of halogens is 1. The molecule has 11 heavy (non-hydrogen) atoms. The molecule has 3 heteroatoms. The first-order chi connectivity index (χ1) is 5.29. The van der Waals surface area contributed by atoms with E-state index in [2.05, 4.69) is 9.97 Å². The monoisotopic (exact) mass is 150 g/mol. The van der Waals surface area contributed by atoms with Gasteiger partial charge in [0.15, 0.2) is 0 Å². The first-order valence-electron chi connectivity index (χ1n) is 3.37. The number of aryl methyl sites for hydroxylation is 1. The molecule has 0 aliphatic rings. The summed E-state index contributed by atoms with van der Waals surface area (Å²) < 4.78 is 12.8. The molecule has 0 unspecified atom stereocenters. The Kier molecular flexibility index (Phi) is 1.18. The molecule has 0 aliphatic carbocycles. The molecule has 0 aromatic carbocycles. The van der Waals surface area contributed by atoms with Gasteiger partial charge in [-0.15, -0.1) is 0 Å². The molecule has 0 fully saturated rings. The molecule has 0 saturated carbocycles. The molecule has 2 rings (SSSR count). The SMILES string of the molecule is Cc1c(F)cnc2[nH]ccc12. The lowest BCUT2D eigenvalue weighted by atomic mass is 10.2. The number of nitrogens with one attached hydrogen (secondary N) is 1. The average molecular weight is 150 g/mol. The van der Waals surface area contributed by atoms with Gasteiger partial charge in [-0.25, -0.2) is 9.37 Å². The molecular formula is C8H7FN2. The van der Waals surface area contributed by atoms with E-state index < -0.39 is 0 Å². The van der Waals surface area contributed by atoms with E-state index in [1.54, 1.807) is 13.1 Å². The minimum atomic E-state index is -0.253. The quantitative estimate of drug-likeness (QED) is 0.611. The van der Waals surface area contributed by atoms with Crippen LogP contribution in [0.1, 0.15) is 5.56 Å². The van der Waals surface area contributed by atoms with Crippen LogP contribution in [0.25, 0.3) is 11.0 Å². The van der Waals surface area contributed by atoms with E-state index in [1.165, 1.54) is 6.20 Å². The van der Waals surface area contributed by atoms with Crippen molar-refractivity contribution in [3.05, 3.63) is 29.8 Å². The molecule has 1 N–H and O–H groups in total. The zero-order chi connectivity index (χ0) is 7.84. The lowest BCUT2D eigenvalue weighted by Crippen LogP contribution is -1.85. The summed E-state index contributed by atoms with van der Waals surface area (Å²) in [6.07, 6.45) is 2.98. The Morgan fingerprint density at radius 1 is 1.55 bits per heavy atom. The van der Waals surface area contributed by atoms with Crippen molar-refractivity contribution in [3.63, 3.8) is 0 Å². The number of rotatable bonds is 0. The van der Waals surface area contributed by atoms with Crippen molar-refractivity contribution in [2.75, 3.05) is 0 Å². The first kappa shape index (κ1) is 6.34. The Balaban J connectivity index is 2.93. The number of H-pyrrole nitrogens is 1. The summed E-state index contributed by atoms with van der Waals surface area (Å²) in [6, 6.07) is 1.82. The van der Waals surface area contributed by atoms with Crippen LogP contribution in [0.2, 0.25) is 0 Å². The van der Waals surface area contributed by atoms with Crippen LogP contribution < -0.4 is 0 Å². The van der Waals surface area contributed by atoms with Crippen LogP contribution in [-0.4, -0.2) is 9.97 Å². The van der Waals surface area contributed by atoms with Gasteiger partial charge >= 0.3 is 0 Å². The van der Waals surface area contributed by atoms with Gasteiger partial charge in [-0.2, -0.15) is 0 Å². The highest BCUT2D eigenvalue weighted by Crippen LogP contribution is 2.16. The fraction of sp³-hybridized carbons (Fsp3) is 0.125. The molecule has 0 radical (unpaired) electrons. The molecule has 0 saturated heterocycles. The zero-order valence-corrected chi connectivity index (χ0v) is 6.06. The molecular weight excluding hydrogens is 143 g/mol. The Labute approximate surface area is 63.1 Å². The molecule has 2 nitrogen and oxygen atoms in total. The third-order valence-electron chi connectivity index (χ3n) is 1.79. The molecule has 0 atom stereocenters. The predicted molar refractivity (Wildman–Crippen MR) is 40.8 cm³/mol. The minimum absolute atomic E-state index is 0.253. The Hall–Kier alpha value is -1.38. The van der Waals surface area contributed by atoms with Crippen molar-refractivity contribution < 1.29 is 4.39 Å². The average Bonchev–Trinajstić information content (AvgIpc) is 2.45. The van der Waals surface area contributed by atoms with Crippen LogP contribution in [0.15, 0.2) is 18.5 Å². The first-order valence-corrected chi connectivity index (χ1v) is 3.37. The van der Waals surface area contributed by atoms with Crippen molar-refractivity contribution in [1.82, 2.24) is 9.97 Å². The number of hydrogen-bond acceptors (Lipinski definition) is 1. The number of aromatic amines is 1. The van der Waals surface area contributed by atoms with Crippen LogP contribution in [0.4, 0.5) is 4.39 Å². The van der Waals surface area contributed by atoms with Crippen molar-refractivity contribution >= 4 is 11.0 Å². The van der Waals surface area contributed by atoms with Crippen molar-refractivity contribution in [3.8, 4) is 0 Å². The lowest BCUT2D eigenvalue weighted by molar-refractivity contribution is 0.615. The summed E-state index contributed by atoms with van der Waals surface area (Å²) in [5.74, 6) is -0.253. The summed E-state index contributed by atoms with van der Waals surface area (Å²) in [4.78, 5) is 6.78. The van der Waals surface area contributed by atoms with Crippen LogP contribution >= 0.6 is 0 Å². The fourth-order valence-corrected chi connectivity index (χ4v) is 1.12. The number of aromatic nitrogens is 2. The highest BCUT2D eigenvalue weighted by Gasteiger charge is 2.03. The van der Waals surface area contributed by atoms with Crippen LogP contribution in [-0.2, 0) is 0 Å². The molecule has 56 valence electrons. The molecule has 2 aromatic heterocycles. The van der Waals surface area contributed by atoms with Gasteiger partial charge in [0.2, 0.25) is 0 Å². The van der Waals surface area contributed by atoms with Crippen molar-refractivity contribution in [1.29, 1.82) is 0 Å². The Bertz CT molecular complexity index is 392. The predicted octanol–water partition coefficient (Wildman–Crippen LogP) is 2.01. The second kappa shape index (κ2) is 2.05. The summed E-state index contributed by atoms with van der Waals surface area (Å²) >= 11 is 0. The number of hydrogen-bond donors (Lipinski definition) is 1. The van der Waals surface area contributed by atoms with E-state index in [0.717, 1.165) is 11.0 Å². The minimum Gasteiger partial charge on any atom is -0.346 e. The standard InChI is InChI=1S/C8H7FN2/c1-5-6-2-3-10-8(6)11-4-7(5)9/h2-4H,1H3,(H,10,11). The number of pyridine rings is 1. The van der Waals surface area contributed by atoms with Crippen LogP contribution in [0.5, 0.6) is 0 Å². The summed E-state index contributed by atoms with van der Waals surface area (Å²) in [5.41, 5.74) is 1.39. The van der Waals surface area contributed by atoms with E-state index >= 15 is 0 Å². The summed E-state index contributed by atoms with van der Waals surface area (Å²) in [5, 5.41) is 0.852. The number of fused-ring (bicyclic) bond motifs is 1. The van der Waals surface area contributed by atoms with E-state index in [9.17, 15) is 4.39 Å². The van der Waals surface area contributed by atoms with Gasteiger partial charge in [0, 0.05) is 11.6 Å². The van der Waals surface area contributed by atoms with Gasteiger partial charge < -0.3 is 4.98 Å². The largest absolute Gasteiger partial charge is 0.346 e. The van der Waals surface area contributed by atoms with Gasteiger partial charge in [0.25, 0.3) is 0 Å². The maximum Gasteiger partial charge on any atom is 0.145 e. The van der Waals surface area contributed by atoms with Gasteiger partial charge in [-0.3, -0.25) is 0 Å². The second-order valence-electron chi connectivity index (χ2n) is 2.47. The van der Waals surface area contributed by atoms with Crippen LogP contribution in [0.3, 0.4) is 0 Å². The number of nitrogens with zero attached hydrogens (tertiary/aromatic N) is 1. The maximum atomic E-state index is 12.8. The highest BCUT2D eigenvalue weighted by molar-refractivity contribution is 5.78. The molecule has 0 aliphatic heterocycles. The molecule has 0 amide bonds. The van der Waals surface area contributed by atoms with Crippen molar-refractivity contribution in [2.45, 2.75) is 6.92 Å². The third-order valence-corrected chi connectivity index (χ3v) is 1.79. The summed E-state index contributed by atoms with van der Waals surface area (Å²) in [7, 11) is 0. The summed E-state index contributed by atoms with van der Waals surface area (Å²) in [6.45, 7) is 1.74. The van der Waals surface area contributed by atoms with E-state index in [1.807, 2.05) is 6.07 Å². The molecule has 2 aromatic rings. The lowest BCUT2D eigenvalue weighted by Gasteiger charge is -1.95. The smallest absolute Gasteiger partial charge is 0.145 e. The highest BCUT2D eigenvalue weighted by atomic mass is 19.1. The molecule has 0 bridgehead atoms. The third kappa shape index (κ3) is 0.808. The Morgan fingerprint density at radius 2 is 2.36 bits per heavy atom. The maximum absolute atomic E-state index is 12.8. The van der Waals surface area contributed by atoms with Gasteiger partial charge in [-0.05, 0) is 18.6 Å². The van der Waals surface area contributed by atoms with Gasteiger partial charge in [-0.1, -0.05) is 0 Å². The molecule has 2 heterocycles. The topological polar surface area (TPSA) is 28.7 Å². The normalized spacial score (nSPS) is 10.7. The second-order valence-corrected chi connectivity index (χ2v) is 2.47. The van der Waals surface area contributed by atoms with Gasteiger partial charge in [0.1, 0.15) is 11.5 Å². The van der Waals surface area contributed by atoms with E-state index in [4.69, 9.17) is 0 Å². The van der Waals surface area contributed by atoms with Gasteiger partial charge in [0.05, 0.1) is 6.20 Å². The van der Waals surface area contributed by atoms with E-state index in [-0.39, 0.29) is 5.82 Å². The van der Waals surface area contributed by atoms with Crippen LogP contribution in [0, 0.1) is 12.7 Å². The fourth-order valence-electron chi connectivity index (χ4n) is 1.12. The Morgan fingerprint density at radius 3 is 3.18 bits per heavy atom. The zero-order valence-electron chi connectivity index (χ0n) is 6.06. The van der Waals surface area contributed by atoms with E-state index in [0.29, 0.717) is 5.56 Å². The van der Waals surface area contributed by atoms with Crippen molar-refractivity contribution in [2.24, 2.45) is 0 Å².